The molecule has 0 bridgehead atoms. The molecule has 8 nitrogen and oxygen atoms in total. The summed E-state index contributed by atoms with van der Waals surface area (Å²) in [5, 5.41) is 8.04. The molecule has 0 spiro atoms. The molecule has 3 heterocycles. The highest BCUT2D eigenvalue weighted by atomic mass is 16.5. The number of aromatic nitrogens is 4. The molecule has 0 N–H and O–H groups in total. The lowest BCUT2D eigenvalue weighted by Crippen LogP contribution is -2.45. The molecule has 1 fully saturated rings. The summed E-state index contributed by atoms with van der Waals surface area (Å²) in [5.41, 5.74) is 0.710. The maximum Gasteiger partial charge on any atom is 0.269 e. The summed E-state index contributed by atoms with van der Waals surface area (Å²) >= 11 is 0. The summed E-state index contributed by atoms with van der Waals surface area (Å²) in [7, 11) is 2.10. The molecule has 0 aliphatic carbocycles. The van der Waals surface area contributed by atoms with Crippen LogP contribution in [0, 0.1) is 0 Å². The highest BCUT2D eigenvalue weighted by Crippen LogP contribution is 2.12. The van der Waals surface area contributed by atoms with Crippen LogP contribution in [-0.4, -0.2) is 58.0 Å². The van der Waals surface area contributed by atoms with Gasteiger partial charge < -0.3 is 14.3 Å². The van der Waals surface area contributed by atoms with Crippen molar-refractivity contribution in [3.8, 4) is 0 Å². The van der Waals surface area contributed by atoms with Crippen LogP contribution in [-0.2, 0) is 13.0 Å². The standard InChI is InChI=1S/C14H20N6O2/c1-3-12-16-13(22-17-12)10-20-14(21)8-11(9-15-20)19-6-4-18(2)5-7-19/h8-9H,3-7,10H2,1-2H3. The molecule has 3 rings (SSSR count). The first-order chi connectivity index (χ1) is 10.7. The zero-order valence-electron chi connectivity index (χ0n) is 12.9. The minimum atomic E-state index is -0.160. The van der Waals surface area contributed by atoms with Crippen molar-refractivity contribution in [3.05, 3.63) is 34.3 Å². The van der Waals surface area contributed by atoms with E-state index < -0.39 is 0 Å². The minimum Gasteiger partial charge on any atom is -0.368 e. The van der Waals surface area contributed by atoms with Crippen LogP contribution in [0.15, 0.2) is 21.6 Å². The number of anilines is 1. The Bertz CT molecular complexity index is 687. The van der Waals surface area contributed by atoms with E-state index in [1.165, 1.54) is 4.68 Å². The summed E-state index contributed by atoms with van der Waals surface area (Å²) in [6.45, 7) is 5.95. The van der Waals surface area contributed by atoms with E-state index in [-0.39, 0.29) is 12.1 Å². The van der Waals surface area contributed by atoms with Gasteiger partial charge in [0.2, 0.25) is 5.89 Å². The van der Waals surface area contributed by atoms with Crippen LogP contribution >= 0.6 is 0 Å². The summed E-state index contributed by atoms with van der Waals surface area (Å²) in [4.78, 5) is 20.8. The van der Waals surface area contributed by atoms with Crippen LogP contribution in [0.25, 0.3) is 0 Å². The molecule has 2 aromatic rings. The Morgan fingerprint density at radius 1 is 1.27 bits per heavy atom. The quantitative estimate of drug-likeness (QED) is 0.786. The molecule has 0 atom stereocenters. The fourth-order valence-corrected chi connectivity index (χ4v) is 2.41. The van der Waals surface area contributed by atoms with Crippen LogP contribution < -0.4 is 10.5 Å². The first kappa shape index (κ1) is 14.7. The molecule has 22 heavy (non-hydrogen) atoms. The Balaban J connectivity index is 1.73. The average molecular weight is 304 g/mol. The van der Waals surface area contributed by atoms with Crippen LogP contribution in [0.5, 0.6) is 0 Å². The van der Waals surface area contributed by atoms with Gasteiger partial charge in [0.1, 0.15) is 6.54 Å². The molecular weight excluding hydrogens is 284 g/mol. The number of hydrogen-bond donors (Lipinski definition) is 0. The van der Waals surface area contributed by atoms with Gasteiger partial charge >= 0.3 is 0 Å². The van der Waals surface area contributed by atoms with E-state index >= 15 is 0 Å². The van der Waals surface area contributed by atoms with Gasteiger partial charge in [-0.3, -0.25) is 4.79 Å². The monoisotopic (exact) mass is 304 g/mol. The van der Waals surface area contributed by atoms with Crippen molar-refractivity contribution in [1.82, 2.24) is 24.8 Å². The molecule has 1 saturated heterocycles. The second kappa shape index (κ2) is 6.27. The van der Waals surface area contributed by atoms with Gasteiger partial charge in [0, 0.05) is 38.7 Å². The average Bonchev–Trinajstić information content (AvgIpc) is 2.98. The third-order valence-corrected chi connectivity index (χ3v) is 3.83. The molecule has 0 saturated carbocycles. The van der Waals surface area contributed by atoms with E-state index in [0.29, 0.717) is 18.1 Å². The number of nitrogens with zero attached hydrogens (tertiary/aromatic N) is 6. The van der Waals surface area contributed by atoms with Crippen molar-refractivity contribution < 1.29 is 4.52 Å². The van der Waals surface area contributed by atoms with E-state index in [2.05, 4.69) is 32.1 Å². The highest BCUT2D eigenvalue weighted by Gasteiger charge is 2.16. The predicted octanol–water partition coefficient (Wildman–Crippen LogP) is -0.0112. The molecule has 1 aliphatic heterocycles. The van der Waals surface area contributed by atoms with Gasteiger partial charge in [0.05, 0.1) is 11.9 Å². The van der Waals surface area contributed by atoms with Crippen molar-refractivity contribution in [3.63, 3.8) is 0 Å². The Hall–Kier alpha value is -2.22. The topological polar surface area (TPSA) is 80.3 Å². The largest absolute Gasteiger partial charge is 0.368 e. The van der Waals surface area contributed by atoms with Gasteiger partial charge in [0.15, 0.2) is 5.82 Å². The van der Waals surface area contributed by atoms with Crippen LogP contribution in [0.3, 0.4) is 0 Å². The zero-order valence-corrected chi connectivity index (χ0v) is 12.9. The van der Waals surface area contributed by atoms with Gasteiger partial charge in [-0.05, 0) is 7.05 Å². The maximum absolute atomic E-state index is 12.2. The molecule has 118 valence electrons. The van der Waals surface area contributed by atoms with Gasteiger partial charge in [-0.2, -0.15) is 10.1 Å². The molecule has 2 aromatic heterocycles. The first-order valence-electron chi connectivity index (χ1n) is 7.48. The smallest absolute Gasteiger partial charge is 0.269 e. The van der Waals surface area contributed by atoms with Crippen molar-refractivity contribution in [1.29, 1.82) is 0 Å². The second-order valence-corrected chi connectivity index (χ2v) is 5.46. The number of rotatable bonds is 4. The number of hydrogen-bond acceptors (Lipinski definition) is 7. The van der Waals surface area contributed by atoms with Crippen LogP contribution in [0.1, 0.15) is 18.6 Å². The van der Waals surface area contributed by atoms with Crippen molar-refractivity contribution in [2.45, 2.75) is 19.9 Å². The second-order valence-electron chi connectivity index (χ2n) is 5.46. The van der Waals surface area contributed by atoms with Gasteiger partial charge in [-0.1, -0.05) is 12.1 Å². The van der Waals surface area contributed by atoms with Crippen molar-refractivity contribution in [2.75, 3.05) is 38.1 Å². The third-order valence-electron chi connectivity index (χ3n) is 3.83. The molecule has 8 heteroatoms. The van der Waals surface area contributed by atoms with Crippen LogP contribution in [0.2, 0.25) is 0 Å². The van der Waals surface area contributed by atoms with E-state index in [1.54, 1.807) is 12.3 Å². The summed E-state index contributed by atoms with van der Waals surface area (Å²) in [5.74, 6) is 1.04. The Morgan fingerprint density at radius 2 is 2.05 bits per heavy atom. The van der Waals surface area contributed by atoms with Gasteiger partial charge in [-0.25, -0.2) is 4.68 Å². The van der Waals surface area contributed by atoms with Gasteiger partial charge in [-0.15, -0.1) is 0 Å². The van der Waals surface area contributed by atoms with Crippen molar-refractivity contribution in [2.24, 2.45) is 0 Å². The molecule has 0 aromatic carbocycles. The summed E-state index contributed by atoms with van der Waals surface area (Å²) < 4.78 is 6.44. The fraction of sp³-hybridized carbons (Fsp3) is 0.571. The molecule has 0 radical (unpaired) electrons. The SMILES string of the molecule is CCc1noc(Cn2ncc(N3CCN(C)CC3)cc2=O)n1. The number of likely N-dealkylation sites (N-methyl/N-ethyl adjacent to an activating group) is 1. The van der Waals surface area contributed by atoms with E-state index in [4.69, 9.17) is 4.52 Å². The van der Waals surface area contributed by atoms with E-state index in [9.17, 15) is 4.79 Å². The molecule has 1 aliphatic rings. The van der Waals surface area contributed by atoms with E-state index in [0.717, 1.165) is 31.9 Å². The Kier molecular flexibility index (Phi) is 4.19. The molecular formula is C14H20N6O2. The molecule has 0 unspecified atom stereocenters. The summed E-state index contributed by atoms with van der Waals surface area (Å²) in [6, 6.07) is 1.62. The number of piperazine rings is 1. The Labute approximate surface area is 128 Å². The van der Waals surface area contributed by atoms with Crippen molar-refractivity contribution >= 4 is 5.69 Å². The third kappa shape index (κ3) is 3.16. The van der Waals surface area contributed by atoms with E-state index in [1.807, 2.05) is 6.92 Å². The Morgan fingerprint density at radius 3 is 2.68 bits per heavy atom. The maximum atomic E-state index is 12.2. The van der Waals surface area contributed by atoms with Gasteiger partial charge in [0.25, 0.3) is 5.56 Å². The lowest BCUT2D eigenvalue weighted by Gasteiger charge is -2.33. The summed E-state index contributed by atoms with van der Waals surface area (Å²) in [6.07, 6.45) is 2.43. The normalized spacial score (nSPS) is 16.2. The number of aryl methyl sites for hydroxylation is 1. The lowest BCUT2D eigenvalue weighted by atomic mass is 10.3. The fourth-order valence-electron chi connectivity index (χ4n) is 2.41. The zero-order chi connectivity index (χ0) is 15.5. The molecule has 0 amide bonds. The predicted molar refractivity (Wildman–Crippen MR) is 81.0 cm³/mol. The minimum absolute atomic E-state index is 0.160. The lowest BCUT2D eigenvalue weighted by molar-refractivity contribution is 0.312. The van der Waals surface area contributed by atoms with Crippen LogP contribution in [0.4, 0.5) is 5.69 Å². The first-order valence-corrected chi connectivity index (χ1v) is 7.48. The highest BCUT2D eigenvalue weighted by molar-refractivity contribution is 5.43.